The topological polar surface area (TPSA) is 32.3 Å². The molecule has 0 bridgehead atoms. The third kappa shape index (κ3) is 0.953. The number of rotatable bonds is 0. The minimum Gasteiger partial charge on any atom is -0.337 e. The Morgan fingerprint density at radius 1 is 1.21 bits per heavy atom. The van der Waals surface area contributed by atoms with E-state index < -0.39 is 0 Å². The fourth-order valence-corrected chi connectivity index (χ4v) is 2.34. The monoisotopic (exact) mass is 188 g/mol. The summed E-state index contributed by atoms with van der Waals surface area (Å²) in [5.41, 5.74) is 3.79. The van der Waals surface area contributed by atoms with Crippen molar-refractivity contribution in [2.75, 3.05) is 18.0 Å². The molecule has 0 saturated heterocycles. The second-order valence-electron chi connectivity index (χ2n) is 3.81. The first-order chi connectivity index (χ1) is 6.86. The summed E-state index contributed by atoms with van der Waals surface area (Å²) in [6.45, 7) is 1.59. The lowest BCUT2D eigenvalue weighted by molar-refractivity contribution is 0.247. The summed E-state index contributed by atoms with van der Waals surface area (Å²) in [5.74, 6) is 0. The molecule has 14 heavy (non-hydrogen) atoms. The van der Waals surface area contributed by atoms with Crippen molar-refractivity contribution < 1.29 is 4.79 Å². The van der Waals surface area contributed by atoms with Gasteiger partial charge in [-0.05, 0) is 24.0 Å². The van der Waals surface area contributed by atoms with Gasteiger partial charge in [0.05, 0.1) is 5.69 Å². The standard InChI is InChI=1S/C11H12N2O/c14-11-12-6-4-8-2-1-3-9-5-7-13(11)10(8)9/h1-3H,4-7H2,(H,12,14). The van der Waals surface area contributed by atoms with Crippen LogP contribution >= 0.6 is 0 Å². The minimum atomic E-state index is 0.0636. The van der Waals surface area contributed by atoms with Crippen LogP contribution in [0.2, 0.25) is 0 Å². The SMILES string of the molecule is O=C1NCCc2cccc3c2N1CC3. The molecular weight excluding hydrogens is 176 g/mol. The Labute approximate surface area is 82.7 Å². The lowest BCUT2D eigenvalue weighted by Gasteiger charge is -2.16. The summed E-state index contributed by atoms with van der Waals surface area (Å²) in [6.07, 6.45) is 1.95. The minimum absolute atomic E-state index is 0.0636. The molecule has 2 amide bonds. The first-order valence-corrected chi connectivity index (χ1v) is 5.02. The number of anilines is 1. The highest BCUT2D eigenvalue weighted by Gasteiger charge is 2.28. The quantitative estimate of drug-likeness (QED) is 0.654. The summed E-state index contributed by atoms with van der Waals surface area (Å²) >= 11 is 0. The third-order valence-corrected chi connectivity index (χ3v) is 2.99. The van der Waals surface area contributed by atoms with E-state index in [0.717, 1.165) is 25.9 Å². The molecule has 3 rings (SSSR count). The molecular formula is C11H12N2O. The second-order valence-corrected chi connectivity index (χ2v) is 3.81. The molecule has 1 N–H and O–H groups in total. The lowest BCUT2D eigenvalue weighted by Crippen LogP contribution is -2.37. The summed E-state index contributed by atoms with van der Waals surface area (Å²) < 4.78 is 0. The highest BCUT2D eigenvalue weighted by atomic mass is 16.2. The first-order valence-electron chi connectivity index (χ1n) is 5.02. The van der Waals surface area contributed by atoms with Gasteiger partial charge in [-0.1, -0.05) is 18.2 Å². The van der Waals surface area contributed by atoms with Gasteiger partial charge in [0.15, 0.2) is 0 Å². The molecule has 0 fully saturated rings. The molecule has 0 spiro atoms. The zero-order chi connectivity index (χ0) is 9.54. The molecule has 1 aromatic rings. The maximum absolute atomic E-state index is 11.7. The highest BCUT2D eigenvalue weighted by Crippen LogP contribution is 2.33. The largest absolute Gasteiger partial charge is 0.337 e. The van der Waals surface area contributed by atoms with Gasteiger partial charge in [0.25, 0.3) is 0 Å². The summed E-state index contributed by atoms with van der Waals surface area (Å²) in [5, 5.41) is 2.91. The van der Waals surface area contributed by atoms with Crippen molar-refractivity contribution in [1.29, 1.82) is 0 Å². The predicted octanol–water partition coefficient (Wildman–Crippen LogP) is 1.31. The van der Waals surface area contributed by atoms with Gasteiger partial charge < -0.3 is 5.32 Å². The Kier molecular flexibility index (Phi) is 1.54. The van der Waals surface area contributed by atoms with Crippen molar-refractivity contribution in [3.8, 4) is 0 Å². The van der Waals surface area contributed by atoms with E-state index in [9.17, 15) is 4.79 Å². The first kappa shape index (κ1) is 7.85. The van der Waals surface area contributed by atoms with Crippen LogP contribution in [-0.2, 0) is 12.8 Å². The number of nitrogens with zero attached hydrogens (tertiary/aromatic N) is 1. The lowest BCUT2D eigenvalue weighted by atomic mass is 10.1. The maximum atomic E-state index is 11.7. The Hall–Kier alpha value is -1.51. The van der Waals surface area contributed by atoms with Gasteiger partial charge in [0.2, 0.25) is 0 Å². The van der Waals surface area contributed by atoms with E-state index in [1.807, 2.05) is 4.90 Å². The average molecular weight is 188 g/mol. The van der Waals surface area contributed by atoms with Crippen LogP contribution in [0.15, 0.2) is 18.2 Å². The van der Waals surface area contributed by atoms with Crippen molar-refractivity contribution in [2.45, 2.75) is 12.8 Å². The van der Waals surface area contributed by atoms with Crippen molar-refractivity contribution in [1.82, 2.24) is 5.32 Å². The van der Waals surface area contributed by atoms with E-state index in [1.54, 1.807) is 0 Å². The van der Waals surface area contributed by atoms with Crippen molar-refractivity contribution in [3.63, 3.8) is 0 Å². The van der Waals surface area contributed by atoms with Gasteiger partial charge in [-0.15, -0.1) is 0 Å². The molecule has 2 aliphatic heterocycles. The number of para-hydroxylation sites is 1. The van der Waals surface area contributed by atoms with Crippen molar-refractivity contribution in [2.24, 2.45) is 0 Å². The van der Waals surface area contributed by atoms with E-state index in [4.69, 9.17) is 0 Å². The number of hydrogen-bond donors (Lipinski definition) is 1. The van der Waals surface area contributed by atoms with Crippen LogP contribution in [0.25, 0.3) is 0 Å². The van der Waals surface area contributed by atoms with Crippen LogP contribution in [0.5, 0.6) is 0 Å². The van der Waals surface area contributed by atoms with Crippen LogP contribution in [0.4, 0.5) is 10.5 Å². The Morgan fingerprint density at radius 2 is 2.00 bits per heavy atom. The zero-order valence-corrected chi connectivity index (χ0v) is 7.92. The van der Waals surface area contributed by atoms with Gasteiger partial charge in [-0.3, -0.25) is 4.90 Å². The number of carbonyl (C=O) groups is 1. The molecule has 3 heteroatoms. The average Bonchev–Trinajstić information content (AvgIpc) is 2.54. The molecule has 2 heterocycles. The molecule has 72 valence electrons. The summed E-state index contributed by atoms with van der Waals surface area (Å²) in [4.78, 5) is 13.5. The van der Waals surface area contributed by atoms with Crippen LogP contribution in [0.3, 0.4) is 0 Å². The van der Waals surface area contributed by atoms with Gasteiger partial charge in [0, 0.05) is 13.1 Å². The fourth-order valence-electron chi connectivity index (χ4n) is 2.34. The molecule has 0 aliphatic carbocycles. The Balaban J connectivity index is 2.20. The second kappa shape index (κ2) is 2.74. The van der Waals surface area contributed by atoms with Crippen LogP contribution in [-0.4, -0.2) is 19.1 Å². The molecule has 0 saturated carbocycles. The fraction of sp³-hybridized carbons (Fsp3) is 0.364. The molecule has 2 aliphatic rings. The van der Waals surface area contributed by atoms with E-state index in [-0.39, 0.29) is 6.03 Å². The zero-order valence-electron chi connectivity index (χ0n) is 7.92. The van der Waals surface area contributed by atoms with Crippen LogP contribution in [0.1, 0.15) is 11.1 Å². The summed E-state index contributed by atoms with van der Waals surface area (Å²) in [7, 11) is 0. The normalized spacial score (nSPS) is 18.9. The maximum Gasteiger partial charge on any atom is 0.321 e. The number of benzene rings is 1. The Bertz CT molecular complexity index is 400. The van der Waals surface area contributed by atoms with Crippen molar-refractivity contribution >= 4 is 11.7 Å². The van der Waals surface area contributed by atoms with Gasteiger partial charge in [-0.25, -0.2) is 4.79 Å². The smallest absolute Gasteiger partial charge is 0.321 e. The van der Waals surface area contributed by atoms with E-state index >= 15 is 0 Å². The Morgan fingerprint density at radius 3 is 2.86 bits per heavy atom. The van der Waals surface area contributed by atoms with E-state index in [1.165, 1.54) is 16.8 Å². The third-order valence-electron chi connectivity index (χ3n) is 2.99. The van der Waals surface area contributed by atoms with Gasteiger partial charge >= 0.3 is 6.03 Å². The molecule has 0 unspecified atom stereocenters. The number of carbonyl (C=O) groups excluding carboxylic acids is 1. The molecule has 3 nitrogen and oxygen atoms in total. The van der Waals surface area contributed by atoms with Gasteiger partial charge in [-0.2, -0.15) is 0 Å². The summed E-state index contributed by atoms with van der Waals surface area (Å²) in [6, 6.07) is 6.40. The van der Waals surface area contributed by atoms with Crippen LogP contribution in [0, 0.1) is 0 Å². The van der Waals surface area contributed by atoms with Gasteiger partial charge in [0.1, 0.15) is 0 Å². The molecule has 0 radical (unpaired) electrons. The molecule has 1 aromatic carbocycles. The van der Waals surface area contributed by atoms with Crippen LogP contribution < -0.4 is 10.2 Å². The van der Waals surface area contributed by atoms with E-state index in [2.05, 4.69) is 23.5 Å². The van der Waals surface area contributed by atoms with E-state index in [0.29, 0.717) is 0 Å². The number of urea groups is 1. The molecule has 0 aromatic heterocycles. The number of nitrogens with one attached hydrogen (secondary N) is 1. The molecule has 0 atom stereocenters. The highest BCUT2D eigenvalue weighted by molar-refractivity contribution is 5.95. The predicted molar refractivity (Wildman–Crippen MR) is 54.6 cm³/mol. The number of hydrogen-bond acceptors (Lipinski definition) is 1. The van der Waals surface area contributed by atoms with Crippen molar-refractivity contribution in [3.05, 3.63) is 29.3 Å². The number of amides is 2.